The fourth-order valence-electron chi connectivity index (χ4n) is 4.46. The fraction of sp³-hybridized carbons (Fsp3) is 0.179. The summed E-state index contributed by atoms with van der Waals surface area (Å²) in [6, 6.07) is 15.6. The fourth-order valence-corrected chi connectivity index (χ4v) is 4.46. The number of fused-ring (bicyclic) bond motifs is 1. The van der Waals surface area contributed by atoms with Crippen LogP contribution in [-0.2, 0) is 4.79 Å². The van der Waals surface area contributed by atoms with Gasteiger partial charge >= 0.3 is 0 Å². The van der Waals surface area contributed by atoms with Gasteiger partial charge in [0.15, 0.2) is 17.3 Å². The Morgan fingerprint density at radius 3 is 2.38 bits per heavy atom. The van der Waals surface area contributed by atoms with Gasteiger partial charge < -0.3 is 24.8 Å². The molecule has 0 spiro atoms. The number of ether oxygens (including phenoxy) is 3. The van der Waals surface area contributed by atoms with Crippen molar-refractivity contribution in [2.45, 2.75) is 13.0 Å². The van der Waals surface area contributed by atoms with Crippen molar-refractivity contribution in [3.63, 3.8) is 0 Å². The molecule has 2 aromatic heterocycles. The van der Waals surface area contributed by atoms with Crippen LogP contribution >= 0.6 is 0 Å². The molecule has 11 heteroatoms. The van der Waals surface area contributed by atoms with Crippen LogP contribution in [0.1, 0.15) is 24.1 Å². The van der Waals surface area contributed by atoms with Gasteiger partial charge in [-0.1, -0.05) is 12.1 Å². The molecule has 2 N–H and O–H groups in total. The Kier molecular flexibility index (Phi) is 6.84. The second kappa shape index (κ2) is 10.5. The topological polar surface area (TPSA) is 136 Å². The van der Waals surface area contributed by atoms with E-state index in [9.17, 15) is 10.1 Å². The van der Waals surface area contributed by atoms with Gasteiger partial charge in [0, 0.05) is 17.5 Å². The van der Waals surface area contributed by atoms with Gasteiger partial charge in [-0.3, -0.25) is 9.78 Å². The summed E-state index contributed by atoms with van der Waals surface area (Å²) in [5.41, 5.74) is 3.51. The largest absolute Gasteiger partial charge is 0.493 e. The molecule has 1 atom stereocenters. The summed E-state index contributed by atoms with van der Waals surface area (Å²) in [6.45, 7) is 1.81. The summed E-state index contributed by atoms with van der Waals surface area (Å²) >= 11 is 0. The van der Waals surface area contributed by atoms with Crippen LogP contribution in [0, 0.1) is 11.3 Å². The number of carbonyl (C=O) groups is 1. The minimum atomic E-state index is -0.631. The van der Waals surface area contributed by atoms with Crippen molar-refractivity contribution in [2.24, 2.45) is 0 Å². The van der Waals surface area contributed by atoms with E-state index < -0.39 is 6.04 Å². The lowest BCUT2D eigenvalue weighted by molar-refractivity contribution is -0.113. The van der Waals surface area contributed by atoms with Crippen molar-refractivity contribution in [2.75, 3.05) is 32.0 Å². The summed E-state index contributed by atoms with van der Waals surface area (Å²) in [7, 11) is 4.61. The summed E-state index contributed by atoms with van der Waals surface area (Å²) in [4.78, 5) is 22.4. The quantitative estimate of drug-likeness (QED) is 0.366. The van der Waals surface area contributed by atoms with E-state index in [0.29, 0.717) is 57.1 Å². The van der Waals surface area contributed by atoms with Crippen LogP contribution in [0.25, 0.3) is 11.4 Å². The molecular formula is C28H25N7O4. The molecule has 3 heterocycles. The van der Waals surface area contributed by atoms with Crippen molar-refractivity contribution in [3.05, 3.63) is 83.3 Å². The van der Waals surface area contributed by atoms with Crippen molar-refractivity contribution in [1.29, 1.82) is 5.26 Å². The number of anilines is 2. The van der Waals surface area contributed by atoms with E-state index in [0.717, 1.165) is 5.56 Å². The van der Waals surface area contributed by atoms with Crippen LogP contribution in [0.2, 0.25) is 0 Å². The molecule has 0 bridgehead atoms. The summed E-state index contributed by atoms with van der Waals surface area (Å²) in [5, 5.41) is 20.2. The number of hydrogen-bond donors (Lipinski definition) is 2. The second-order valence-electron chi connectivity index (χ2n) is 8.61. The van der Waals surface area contributed by atoms with Crippen LogP contribution in [0.5, 0.6) is 17.2 Å². The van der Waals surface area contributed by atoms with E-state index in [1.165, 1.54) is 21.3 Å². The number of hydrogen-bond acceptors (Lipinski definition) is 9. The SMILES string of the molecule is COc1cc(-c2nc3n(n2)C(c2ccc(C#N)cc2)C(C(=O)Nc2cccnc2)=C(C)N3)cc(OC)c1OC. The molecule has 1 aliphatic heterocycles. The maximum atomic E-state index is 13.6. The van der Waals surface area contributed by atoms with Gasteiger partial charge in [-0.2, -0.15) is 10.2 Å². The monoisotopic (exact) mass is 523 g/mol. The third-order valence-corrected chi connectivity index (χ3v) is 6.30. The minimum absolute atomic E-state index is 0.321. The van der Waals surface area contributed by atoms with Gasteiger partial charge in [0.25, 0.3) is 5.91 Å². The molecule has 0 aliphatic carbocycles. The number of allylic oxidation sites excluding steroid dienone is 1. The molecule has 39 heavy (non-hydrogen) atoms. The first-order valence-corrected chi connectivity index (χ1v) is 11.9. The predicted molar refractivity (Wildman–Crippen MR) is 144 cm³/mol. The van der Waals surface area contributed by atoms with E-state index in [1.54, 1.807) is 53.5 Å². The second-order valence-corrected chi connectivity index (χ2v) is 8.61. The molecule has 4 aromatic rings. The summed E-state index contributed by atoms with van der Waals surface area (Å²) in [6.07, 6.45) is 3.21. The van der Waals surface area contributed by atoms with Gasteiger partial charge in [0.2, 0.25) is 11.7 Å². The number of nitrogens with one attached hydrogen (secondary N) is 2. The number of nitriles is 1. The third kappa shape index (κ3) is 4.71. The van der Waals surface area contributed by atoms with Gasteiger partial charge in [-0.15, -0.1) is 5.10 Å². The Balaban J connectivity index is 1.62. The van der Waals surface area contributed by atoms with Gasteiger partial charge in [0.1, 0.15) is 6.04 Å². The molecule has 1 amide bonds. The highest BCUT2D eigenvalue weighted by Crippen LogP contribution is 2.42. The Morgan fingerprint density at radius 1 is 1.08 bits per heavy atom. The highest BCUT2D eigenvalue weighted by Gasteiger charge is 2.35. The number of carbonyl (C=O) groups excluding carboxylic acids is 1. The average Bonchev–Trinajstić information content (AvgIpc) is 3.39. The van der Waals surface area contributed by atoms with Crippen LogP contribution in [0.15, 0.2) is 72.2 Å². The zero-order valence-electron chi connectivity index (χ0n) is 21.7. The number of amides is 1. The van der Waals surface area contributed by atoms with Crippen molar-refractivity contribution in [1.82, 2.24) is 19.7 Å². The van der Waals surface area contributed by atoms with Crippen molar-refractivity contribution >= 4 is 17.5 Å². The smallest absolute Gasteiger partial charge is 0.255 e. The maximum Gasteiger partial charge on any atom is 0.255 e. The summed E-state index contributed by atoms with van der Waals surface area (Å²) < 4.78 is 18.1. The van der Waals surface area contributed by atoms with Crippen LogP contribution in [-0.4, -0.2) is 47.0 Å². The number of methoxy groups -OCH3 is 3. The molecule has 11 nitrogen and oxygen atoms in total. The van der Waals surface area contributed by atoms with E-state index in [-0.39, 0.29) is 5.91 Å². The zero-order valence-corrected chi connectivity index (χ0v) is 21.7. The Hall–Kier alpha value is -5.37. The normalized spacial score (nSPS) is 14.1. The Bertz CT molecular complexity index is 1580. The number of aromatic nitrogens is 4. The van der Waals surface area contributed by atoms with Crippen LogP contribution in [0.4, 0.5) is 11.6 Å². The number of pyridine rings is 1. The lowest BCUT2D eigenvalue weighted by Crippen LogP contribution is -2.31. The first-order valence-electron chi connectivity index (χ1n) is 11.9. The van der Waals surface area contributed by atoms with Gasteiger partial charge in [-0.25, -0.2) is 4.68 Å². The van der Waals surface area contributed by atoms with Crippen molar-refractivity contribution < 1.29 is 19.0 Å². The lowest BCUT2D eigenvalue weighted by Gasteiger charge is -2.28. The molecular weight excluding hydrogens is 498 g/mol. The first-order chi connectivity index (χ1) is 19.0. The molecule has 0 radical (unpaired) electrons. The van der Waals surface area contributed by atoms with E-state index in [1.807, 2.05) is 19.1 Å². The number of nitrogens with zero attached hydrogens (tertiary/aromatic N) is 5. The van der Waals surface area contributed by atoms with E-state index in [4.69, 9.17) is 24.3 Å². The number of rotatable bonds is 7. The lowest BCUT2D eigenvalue weighted by atomic mass is 9.94. The van der Waals surface area contributed by atoms with Gasteiger partial charge in [0.05, 0.1) is 50.4 Å². The molecule has 5 rings (SSSR count). The molecule has 196 valence electrons. The predicted octanol–water partition coefficient (Wildman–Crippen LogP) is 4.17. The molecule has 0 saturated heterocycles. The molecule has 1 unspecified atom stereocenters. The minimum Gasteiger partial charge on any atom is -0.493 e. The highest BCUT2D eigenvalue weighted by molar-refractivity contribution is 6.06. The van der Waals surface area contributed by atoms with Gasteiger partial charge in [-0.05, 0) is 48.9 Å². The molecule has 0 saturated carbocycles. The maximum absolute atomic E-state index is 13.6. The summed E-state index contributed by atoms with van der Waals surface area (Å²) in [5.74, 6) is 1.89. The van der Waals surface area contributed by atoms with Crippen molar-refractivity contribution in [3.8, 4) is 34.7 Å². The zero-order chi connectivity index (χ0) is 27.5. The molecule has 0 fully saturated rings. The van der Waals surface area contributed by atoms with E-state index >= 15 is 0 Å². The first kappa shape index (κ1) is 25.3. The van der Waals surface area contributed by atoms with E-state index in [2.05, 4.69) is 21.7 Å². The number of benzene rings is 2. The van der Waals surface area contributed by atoms with Crippen LogP contribution in [0.3, 0.4) is 0 Å². The highest BCUT2D eigenvalue weighted by atomic mass is 16.5. The molecule has 2 aromatic carbocycles. The Morgan fingerprint density at radius 2 is 1.79 bits per heavy atom. The third-order valence-electron chi connectivity index (χ3n) is 6.30. The average molecular weight is 524 g/mol. The molecule has 1 aliphatic rings. The van der Waals surface area contributed by atoms with Crippen LogP contribution < -0.4 is 24.8 Å². The standard InChI is InChI=1S/C28H25N7O4/c1-16-23(27(36)32-20-6-5-11-30-15-20)24(18-9-7-17(14-29)8-10-18)35-28(31-16)33-26(34-35)19-12-21(37-2)25(39-4)22(13-19)38-3/h5-13,15,24H,1-4H3,(H,32,36)(H,31,33,34). The Labute approximate surface area is 224 Å².